The van der Waals surface area contributed by atoms with Crippen LogP contribution in [0.2, 0.25) is 0 Å². The molecule has 7 nitrogen and oxygen atoms in total. The Labute approximate surface area is 157 Å². The van der Waals surface area contributed by atoms with Crippen molar-refractivity contribution in [1.82, 2.24) is 5.43 Å². The van der Waals surface area contributed by atoms with Crippen LogP contribution >= 0.6 is 0 Å². The highest BCUT2D eigenvalue weighted by atomic mass is 16.5. The van der Waals surface area contributed by atoms with E-state index in [1.807, 2.05) is 6.92 Å². The first kappa shape index (κ1) is 18.7. The summed E-state index contributed by atoms with van der Waals surface area (Å²) in [5.41, 5.74) is 4.69. The lowest BCUT2D eigenvalue weighted by Gasteiger charge is -2.13. The number of carbonyl (C=O) groups is 2. The Morgan fingerprint density at radius 3 is 2.81 bits per heavy atom. The monoisotopic (exact) mass is 370 g/mol. The number of phenols is 1. The standard InChI is InChI=1S/C20H22N2O5/c1-3-11-26-20(25)18-12(2)17-14(8-6-10-16(17)27-18)21-22-19(24)13-7-4-5-9-15(13)23/h4-5,7,9,23H,3,6,8,10-11H2,1-2H3,(H,22,24)/b21-14+. The average molecular weight is 370 g/mol. The molecule has 3 rings (SSSR count). The summed E-state index contributed by atoms with van der Waals surface area (Å²) in [7, 11) is 0. The van der Waals surface area contributed by atoms with E-state index >= 15 is 0 Å². The largest absolute Gasteiger partial charge is 0.507 e. The van der Waals surface area contributed by atoms with Gasteiger partial charge in [-0.05, 0) is 38.3 Å². The number of ether oxygens (including phenoxy) is 1. The molecule has 2 aromatic rings. The number of carbonyl (C=O) groups excluding carboxylic acids is 2. The molecule has 0 radical (unpaired) electrons. The second-order valence-corrected chi connectivity index (χ2v) is 6.36. The molecule has 1 amide bonds. The van der Waals surface area contributed by atoms with Gasteiger partial charge in [-0.2, -0.15) is 5.10 Å². The molecule has 0 spiro atoms. The van der Waals surface area contributed by atoms with Crippen LogP contribution in [0.25, 0.3) is 0 Å². The molecule has 1 aliphatic carbocycles. The summed E-state index contributed by atoms with van der Waals surface area (Å²) >= 11 is 0. The quantitative estimate of drug-likeness (QED) is 0.621. The Kier molecular flexibility index (Phi) is 5.59. The van der Waals surface area contributed by atoms with Crippen LogP contribution < -0.4 is 5.43 Å². The van der Waals surface area contributed by atoms with Gasteiger partial charge >= 0.3 is 5.97 Å². The maximum atomic E-state index is 12.3. The zero-order chi connectivity index (χ0) is 19.4. The van der Waals surface area contributed by atoms with Gasteiger partial charge in [0.05, 0.1) is 17.9 Å². The minimum absolute atomic E-state index is 0.111. The molecular weight excluding hydrogens is 348 g/mol. The van der Waals surface area contributed by atoms with Crippen molar-refractivity contribution in [3.63, 3.8) is 0 Å². The number of amides is 1. The number of fused-ring (bicyclic) bond motifs is 1. The summed E-state index contributed by atoms with van der Waals surface area (Å²) in [5, 5.41) is 14.0. The molecule has 0 aliphatic heterocycles. The van der Waals surface area contributed by atoms with Gasteiger partial charge in [0.2, 0.25) is 5.76 Å². The molecule has 0 fully saturated rings. The Bertz CT molecular complexity index is 898. The zero-order valence-corrected chi connectivity index (χ0v) is 15.4. The van der Waals surface area contributed by atoms with Crippen LogP contribution in [0.5, 0.6) is 5.75 Å². The highest BCUT2D eigenvalue weighted by Crippen LogP contribution is 2.30. The van der Waals surface area contributed by atoms with Crippen molar-refractivity contribution in [1.29, 1.82) is 0 Å². The van der Waals surface area contributed by atoms with Gasteiger partial charge in [-0.1, -0.05) is 19.1 Å². The Hall–Kier alpha value is -3.09. The van der Waals surface area contributed by atoms with E-state index in [0.29, 0.717) is 36.5 Å². The van der Waals surface area contributed by atoms with Crippen LogP contribution in [-0.2, 0) is 11.2 Å². The van der Waals surface area contributed by atoms with Gasteiger partial charge in [0.1, 0.15) is 11.5 Å². The number of hydrogen-bond acceptors (Lipinski definition) is 6. The molecule has 142 valence electrons. The van der Waals surface area contributed by atoms with Gasteiger partial charge in [-0.3, -0.25) is 4.79 Å². The van der Waals surface area contributed by atoms with Gasteiger partial charge in [-0.25, -0.2) is 10.2 Å². The van der Waals surface area contributed by atoms with Crippen molar-refractivity contribution in [2.24, 2.45) is 5.10 Å². The molecule has 0 bridgehead atoms. The van der Waals surface area contributed by atoms with E-state index < -0.39 is 11.9 Å². The van der Waals surface area contributed by atoms with Crippen molar-refractivity contribution in [2.75, 3.05) is 6.61 Å². The topological polar surface area (TPSA) is 101 Å². The van der Waals surface area contributed by atoms with E-state index in [-0.39, 0.29) is 17.1 Å². The van der Waals surface area contributed by atoms with E-state index in [9.17, 15) is 14.7 Å². The SMILES string of the molecule is CCCOC(=O)c1oc2c(c1C)/C(=N/NC(=O)c1ccccc1O)CCC2. The second kappa shape index (κ2) is 8.07. The smallest absolute Gasteiger partial charge is 0.374 e. The van der Waals surface area contributed by atoms with Crippen LogP contribution in [0.3, 0.4) is 0 Å². The lowest BCUT2D eigenvalue weighted by Crippen LogP contribution is -2.22. The maximum absolute atomic E-state index is 12.3. The van der Waals surface area contributed by atoms with Crippen molar-refractivity contribution in [2.45, 2.75) is 39.5 Å². The van der Waals surface area contributed by atoms with E-state index in [1.165, 1.54) is 12.1 Å². The van der Waals surface area contributed by atoms with E-state index in [2.05, 4.69) is 10.5 Å². The van der Waals surface area contributed by atoms with Gasteiger partial charge < -0.3 is 14.3 Å². The third-order valence-corrected chi connectivity index (χ3v) is 4.39. The first-order chi connectivity index (χ1) is 13.0. The molecule has 1 heterocycles. The third-order valence-electron chi connectivity index (χ3n) is 4.39. The molecule has 1 aromatic carbocycles. The third kappa shape index (κ3) is 3.86. The number of nitrogens with one attached hydrogen (secondary N) is 1. The van der Waals surface area contributed by atoms with Crippen molar-refractivity contribution in [3.05, 3.63) is 52.5 Å². The van der Waals surface area contributed by atoms with Crippen molar-refractivity contribution >= 4 is 17.6 Å². The van der Waals surface area contributed by atoms with Crippen molar-refractivity contribution in [3.8, 4) is 5.75 Å². The van der Waals surface area contributed by atoms with Crippen LogP contribution in [0.4, 0.5) is 0 Å². The van der Waals surface area contributed by atoms with E-state index in [4.69, 9.17) is 9.15 Å². The fraction of sp³-hybridized carbons (Fsp3) is 0.350. The number of hydrazone groups is 1. The average Bonchev–Trinajstić information content (AvgIpc) is 3.02. The molecule has 0 unspecified atom stereocenters. The first-order valence-electron chi connectivity index (χ1n) is 8.97. The van der Waals surface area contributed by atoms with Crippen LogP contribution in [0.1, 0.15) is 64.0 Å². The molecule has 1 aliphatic rings. The molecule has 2 N–H and O–H groups in total. The fourth-order valence-corrected chi connectivity index (χ4v) is 3.08. The summed E-state index contributed by atoms with van der Waals surface area (Å²) in [6.45, 7) is 4.04. The molecule has 0 saturated heterocycles. The fourth-order valence-electron chi connectivity index (χ4n) is 3.08. The highest BCUT2D eigenvalue weighted by molar-refractivity contribution is 6.06. The number of esters is 1. The lowest BCUT2D eigenvalue weighted by molar-refractivity contribution is 0.0465. The minimum atomic E-state index is -0.503. The summed E-state index contributed by atoms with van der Waals surface area (Å²) < 4.78 is 10.9. The van der Waals surface area contributed by atoms with E-state index in [1.54, 1.807) is 19.1 Å². The minimum Gasteiger partial charge on any atom is -0.507 e. The summed E-state index contributed by atoms with van der Waals surface area (Å²) in [4.78, 5) is 24.4. The first-order valence-corrected chi connectivity index (χ1v) is 8.97. The number of furan rings is 1. The van der Waals surface area contributed by atoms with E-state index in [0.717, 1.165) is 18.4 Å². The molecule has 27 heavy (non-hydrogen) atoms. The van der Waals surface area contributed by atoms with Crippen LogP contribution in [-0.4, -0.2) is 29.3 Å². The maximum Gasteiger partial charge on any atom is 0.374 e. The summed E-state index contributed by atoms with van der Waals surface area (Å²) in [6.07, 6.45) is 2.88. The summed E-state index contributed by atoms with van der Waals surface area (Å²) in [6, 6.07) is 6.26. The predicted molar refractivity (Wildman–Crippen MR) is 99.1 cm³/mol. The van der Waals surface area contributed by atoms with Gasteiger partial charge in [0.25, 0.3) is 5.91 Å². The number of para-hydroxylation sites is 1. The normalized spacial score (nSPS) is 14.7. The number of hydrogen-bond donors (Lipinski definition) is 2. The van der Waals surface area contributed by atoms with Gasteiger partial charge in [0.15, 0.2) is 0 Å². The Balaban J connectivity index is 1.84. The molecular formula is C20H22N2O5. The Morgan fingerprint density at radius 1 is 1.30 bits per heavy atom. The molecule has 0 atom stereocenters. The number of aromatic hydroxyl groups is 1. The number of benzene rings is 1. The van der Waals surface area contributed by atoms with Crippen LogP contribution in [0, 0.1) is 6.92 Å². The van der Waals surface area contributed by atoms with Crippen LogP contribution in [0.15, 0.2) is 33.8 Å². The lowest BCUT2D eigenvalue weighted by atomic mass is 9.93. The molecule has 7 heteroatoms. The number of nitrogens with zero attached hydrogens (tertiary/aromatic N) is 1. The highest BCUT2D eigenvalue weighted by Gasteiger charge is 2.28. The predicted octanol–water partition coefficient (Wildman–Crippen LogP) is 3.33. The van der Waals surface area contributed by atoms with Crippen molar-refractivity contribution < 1.29 is 23.8 Å². The molecule has 1 aromatic heterocycles. The summed E-state index contributed by atoms with van der Waals surface area (Å²) in [5.74, 6) is -0.231. The molecule has 0 saturated carbocycles. The van der Waals surface area contributed by atoms with Gasteiger partial charge in [-0.15, -0.1) is 0 Å². The number of aryl methyl sites for hydroxylation is 1. The van der Waals surface area contributed by atoms with Gasteiger partial charge in [0, 0.05) is 17.5 Å². The Morgan fingerprint density at radius 2 is 2.07 bits per heavy atom. The zero-order valence-electron chi connectivity index (χ0n) is 15.4. The number of phenolic OH excluding ortho intramolecular Hbond substituents is 1. The second-order valence-electron chi connectivity index (χ2n) is 6.36. The number of rotatable bonds is 5.